The van der Waals surface area contributed by atoms with E-state index in [0.29, 0.717) is 21.6 Å². The van der Waals surface area contributed by atoms with Gasteiger partial charge < -0.3 is 20.4 Å². The van der Waals surface area contributed by atoms with Crippen LogP contribution >= 0.6 is 23.5 Å². The second-order valence-electron chi connectivity index (χ2n) is 12.0. The van der Waals surface area contributed by atoms with Crippen molar-refractivity contribution in [2.75, 3.05) is 9.80 Å². The lowest BCUT2D eigenvalue weighted by molar-refractivity contribution is -0.119. The molecule has 0 saturated heterocycles. The summed E-state index contributed by atoms with van der Waals surface area (Å²) in [5.41, 5.74) is 5.48. The van der Waals surface area contributed by atoms with Gasteiger partial charge in [0.2, 0.25) is 0 Å². The van der Waals surface area contributed by atoms with Gasteiger partial charge in [-0.3, -0.25) is 9.59 Å². The van der Waals surface area contributed by atoms with Crippen LogP contribution in [0, 0.1) is 22.7 Å². The normalized spacial score (nSPS) is 17.3. The van der Waals surface area contributed by atoms with Gasteiger partial charge in [0.15, 0.2) is 0 Å². The molecule has 2 aliphatic heterocycles. The maximum Gasteiger partial charge on any atom is 0.266 e. The van der Waals surface area contributed by atoms with Crippen molar-refractivity contribution in [2.45, 2.75) is 23.8 Å². The van der Waals surface area contributed by atoms with Crippen molar-refractivity contribution in [2.24, 2.45) is 0 Å². The molecule has 254 valence electrons. The van der Waals surface area contributed by atoms with Crippen molar-refractivity contribution in [3.63, 3.8) is 0 Å². The van der Waals surface area contributed by atoms with Crippen molar-refractivity contribution in [1.82, 2.24) is 10.6 Å². The van der Waals surface area contributed by atoms with Crippen LogP contribution in [0.15, 0.2) is 167 Å². The SMILES string of the molecule is N#CC1=C(SCc2ccccc2)N(c2ccccc2)C(c2ccc(C3NC(=O)C(C#N)=C(SCc4ccccc4)N3c3ccccc3)cc2)NC1=O. The highest BCUT2D eigenvalue weighted by Gasteiger charge is 2.38. The van der Waals surface area contributed by atoms with Crippen LogP contribution in [0.1, 0.15) is 34.6 Å². The summed E-state index contributed by atoms with van der Waals surface area (Å²) < 4.78 is 0. The first-order valence-corrected chi connectivity index (χ1v) is 18.5. The lowest BCUT2D eigenvalue weighted by Crippen LogP contribution is -2.47. The Bertz CT molecular complexity index is 2060. The van der Waals surface area contributed by atoms with E-state index >= 15 is 0 Å². The van der Waals surface area contributed by atoms with Crippen LogP contribution in [-0.4, -0.2) is 11.8 Å². The van der Waals surface area contributed by atoms with E-state index < -0.39 is 24.1 Å². The van der Waals surface area contributed by atoms with Gasteiger partial charge in [0.1, 0.15) is 45.7 Å². The number of para-hydroxylation sites is 2. The van der Waals surface area contributed by atoms with Crippen molar-refractivity contribution in [3.05, 3.63) is 189 Å². The number of hydrogen-bond acceptors (Lipinski definition) is 8. The number of anilines is 2. The van der Waals surface area contributed by atoms with Crippen LogP contribution in [0.4, 0.5) is 11.4 Å². The molecule has 0 spiro atoms. The van der Waals surface area contributed by atoms with Crippen LogP contribution in [0.2, 0.25) is 0 Å². The minimum atomic E-state index is -0.618. The van der Waals surface area contributed by atoms with Crippen LogP contribution < -0.4 is 20.4 Å². The second kappa shape index (κ2) is 15.8. The Hall–Kier alpha value is -6.20. The smallest absolute Gasteiger partial charge is 0.266 e. The molecule has 2 unspecified atom stereocenters. The molecule has 2 heterocycles. The highest BCUT2D eigenvalue weighted by molar-refractivity contribution is 8.02. The molecular weight excluding hydrogens is 685 g/mol. The lowest BCUT2D eigenvalue weighted by atomic mass is 10.0. The van der Waals surface area contributed by atoms with E-state index in [0.717, 1.165) is 33.6 Å². The van der Waals surface area contributed by atoms with Gasteiger partial charge in [-0.25, -0.2) is 0 Å². The number of thioether (sulfide) groups is 2. The second-order valence-corrected chi connectivity index (χ2v) is 13.9. The molecular formula is C42H32N6O2S2. The summed E-state index contributed by atoms with van der Waals surface area (Å²) in [5.74, 6) is 0.262. The Morgan fingerprint density at radius 1 is 0.500 bits per heavy atom. The standard InChI is InChI=1S/C42H32N6O2S2/c43-25-35-39(49)45-37(47(33-17-9-3-10-18-33)41(35)51-27-29-13-5-1-6-14-29)31-21-23-32(24-22-31)38-46-40(50)36(26-44)42(48(38)34-19-11-4-12-20-34)52-28-30-15-7-2-8-16-30/h1-24,37-38H,27-28H2,(H,45,49)(H,46,50). The third-order valence-corrected chi connectivity index (χ3v) is 11.0. The van der Waals surface area contributed by atoms with Crippen molar-refractivity contribution in [1.29, 1.82) is 10.5 Å². The van der Waals surface area contributed by atoms with Crippen LogP contribution in [0.3, 0.4) is 0 Å². The van der Waals surface area contributed by atoms with Gasteiger partial charge in [-0.05, 0) is 46.5 Å². The third-order valence-electron chi connectivity index (χ3n) is 8.67. The average molecular weight is 717 g/mol. The number of hydrogen-bond donors (Lipinski definition) is 2. The Morgan fingerprint density at radius 3 is 1.15 bits per heavy atom. The molecule has 8 nitrogen and oxygen atoms in total. The van der Waals surface area contributed by atoms with Gasteiger partial charge in [-0.1, -0.05) is 121 Å². The van der Waals surface area contributed by atoms with Gasteiger partial charge in [0.05, 0.1) is 0 Å². The zero-order valence-corrected chi connectivity index (χ0v) is 29.5. The molecule has 0 aliphatic carbocycles. The molecule has 5 aromatic carbocycles. The number of nitrogens with one attached hydrogen (secondary N) is 2. The predicted octanol–water partition coefficient (Wildman–Crippen LogP) is 8.29. The highest BCUT2D eigenvalue weighted by atomic mass is 32.2. The molecule has 5 aromatic rings. The molecule has 2 N–H and O–H groups in total. The maximum atomic E-state index is 13.5. The van der Waals surface area contributed by atoms with Gasteiger partial charge in [-0.2, -0.15) is 10.5 Å². The van der Waals surface area contributed by atoms with Crippen LogP contribution in [0.5, 0.6) is 0 Å². The molecule has 0 saturated carbocycles. The number of benzene rings is 5. The van der Waals surface area contributed by atoms with E-state index in [9.17, 15) is 20.1 Å². The maximum absolute atomic E-state index is 13.5. The van der Waals surface area contributed by atoms with Gasteiger partial charge in [0, 0.05) is 22.9 Å². The van der Waals surface area contributed by atoms with Crippen molar-refractivity contribution in [3.8, 4) is 12.1 Å². The molecule has 0 radical (unpaired) electrons. The fourth-order valence-corrected chi connectivity index (χ4v) is 8.42. The zero-order valence-electron chi connectivity index (χ0n) is 27.8. The summed E-state index contributed by atoms with van der Waals surface area (Å²) in [6, 6.07) is 51.3. The molecule has 52 heavy (non-hydrogen) atoms. The Labute approximate surface area is 311 Å². The number of carbonyl (C=O) groups excluding carboxylic acids is 2. The minimum Gasteiger partial charge on any atom is -0.327 e. The first-order valence-electron chi connectivity index (χ1n) is 16.6. The van der Waals surface area contributed by atoms with E-state index in [1.165, 1.54) is 23.5 Å². The number of nitriles is 2. The molecule has 2 amide bonds. The Kier molecular flexibility index (Phi) is 10.4. The average Bonchev–Trinajstić information content (AvgIpc) is 3.20. The molecule has 0 bridgehead atoms. The summed E-state index contributed by atoms with van der Waals surface area (Å²) in [4.78, 5) is 31.0. The summed E-state index contributed by atoms with van der Waals surface area (Å²) in [6.07, 6.45) is -1.24. The highest BCUT2D eigenvalue weighted by Crippen LogP contribution is 2.43. The summed E-state index contributed by atoms with van der Waals surface area (Å²) in [6.45, 7) is 0. The summed E-state index contributed by atoms with van der Waals surface area (Å²) in [7, 11) is 0. The molecule has 2 aliphatic rings. The van der Waals surface area contributed by atoms with E-state index in [2.05, 4.69) is 22.8 Å². The number of rotatable bonds is 10. The Morgan fingerprint density at radius 2 is 0.827 bits per heavy atom. The van der Waals surface area contributed by atoms with E-state index in [-0.39, 0.29) is 11.1 Å². The predicted molar refractivity (Wildman–Crippen MR) is 207 cm³/mol. The summed E-state index contributed by atoms with van der Waals surface area (Å²) >= 11 is 2.90. The first kappa shape index (κ1) is 34.3. The quantitative estimate of drug-likeness (QED) is 0.149. The largest absolute Gasteiger partial charge is 0.327 e. The first-order chi connectivity index (χ1) is 25.6. The topological polar surface area (TPSA) is 112 Å². The molecule has 0 aromatic heterocycles. The molecule has 7 rings (SSSR count). The van der Waals surface area contributed by atoms with Crippen LogP contribution in [0.25, 0.3) is 0 Å². The van der Waals surface area contributed by atoms with Crippen LogP contribution in [-0.2, 0) is 21.1 Å². The third kappa shape index (κ3) is 7.17. The zero-order chi connectivity index (χ0) is 35.9. The summed E-state index contributed by atoms with van der Waals surface area (Å²) in [5, 5.41) is 27.6. The number of nitrogens with zero attached hydrogens (tertiary/aromatic N) is 4. The number of amides is 2. The van der Waals surface area contributed by atoms with Gasteiger partial charge in [-0.15, -0.1) is 23.5 Å². The van der Waals surface area contributed by atoms with E-state index in [1.807, 2.05) is 155 Å². The van der Waals surface area contributed by atoms with Gasteiger partial charge >= 0.3 is 0 Å². The Balaban J connectivity index is 1.25. The van der Waals surface area contributed by atoms with E-state index in [1.54, 1.807) is 0 Å². The minimum absolute atomic E-state index is 0.0571. The van der Waals surface area contributed by atoms with E-state index in [4.69, 9.17) is 0 Å². The lowest BCUT2D eigenvalue weighted by Gasteiger charge is -2.40. The molecule has 2 atom stereocenters. The fourth-order valence-electron chi connectivity index (χ4n) is 6.16. The van der Waals surface area contributed by atoms with Gasteiger partial charge in [0.25, 0.3) is 11.8 Å². The monoisotopic (exact) mass is 716 g/mol. The molecule has 0 fully saturated rings. The van der Waals surface area contributed by atoms with Crippen molar-refractivity contribution >= 4 is 46.7 Å². The molecule has 10 heteroatoms. The number of carbonyl (C=O) groups is 2. The fraction of sp³-hybridized carbons (Fsp3) is 0.0952. The van der Waals surface area contributed by atoms with Crippen molar-refractivity contribution < 1.29 is 9.59 Å².